The molecular formula is C16H22O5. The van der Waals surface area contributed by atoms with E-state index in [1.807, 2.05) is 30.3 Å². The number of hydrogen-bond donors (Lipinski definition) is 0. The fourth-order valence-electron chi connectivity index (χ4n) is 2.17. The standard InChI is InChI=1S/C16H22O5/c1-3-14-16(21-11-17-2)15(20-12-19-14)10-18-9-13-7-5-4-6-8-13/h3-8,14-16H,1,9-12H2,2H3/t14-,15+,16+/m0/s1. The molecule has 0 amide bonds. The van der Waals surface area contributed by atoms with Crippen molar-refractivity contribution in [2.75, 3.05) is 27.3 Å². The molecule has 1 aromatic carbocycles. The maximum absolute atomic E-state index is 5.73. The van der Waals surface area contributed by atoms with Crippen molar-refractivity contribution < 1.29 is 23.7 Å². The molecule has 0 unspecified atom stereocenters. The molecule has 0 saturated carbocycles. The minimum atomic E-state index is -0.285. The molecule has 1 aliphatic rings. The molecule has 21 heavy (non-hydrogen) atoms. The van der Waals surface area contributed by atoms with Crippen molar-refractivity contribution in [1.29, 1.82) is 0 Å². The lowest BCUT2D eigenvalue weighted by Gasteiger charge is -2.36. The molecule has 1 heterocycles. The third kappa shape index (κ3) is 4.91. The molecule has 0 N–H and O–H groups in total. The lowest BCUT2D eigenvalue weighted by molar-refractivity contribution is -0.256. The van der Waals surface area contributed by atoms with E-state index in [2.05, 4.69) is 6.58 Å². The third-order valence-corrected chi connectivity index (χ3v) is 3.24. The predicted molar refractivity (Wildman–Crippen MR) is 77.7 cm³/mol. The quantitative estimate of drug-likeness (QED) is 0.543. The third-order valence-electron chi connectivity index (χ3n) is 3.24. The van der Waals surface area contributed by atoms with Crippen molar-refractivity contribution in [3.05, 3.63) is 48.6 Å². The molecule has 5 nitrogen and oxygen atoms in total. The van der Waals surface area contributed by atoms with Crippen molar-refractivity contribution in [3.8, 4) is 0 Å². The Morgan fingerprint density at radius 1 is 1.29 bits per heavy atom. The molecule has 2 rings (SSSR count). The van der Waals surface area contributed by atoms with Crippen LogP contribution in [0.2, 0.25) is 0 Å². The van der Waals surface area contributed by atoms with Gasteiger partial charge in [-0.2, -0.15) is 0 Å². The van der Waals surface area contributed by atoms with Crippen molar-refractivity contribution >= 4 is 0 Å². The summed E-state index contributed by atoms with van der Waals surface area (Å²) in [5, 5.41) is 0. The highest BCUT2D eigenvalue weighted by Gasteiger charge is 2.34. The second kappa shape index (κ2) is 8.92. The van der Waals surface area contributed by atoms with Crippen LogP contribution in [0.25, 0.3) is 0 Å². The average Bonchev–Trinajstić information content (AvgIpc) is 2.54. The fourth-order valence-corrected chi connectivity index (χ4v) is 2.17. The molecule has 1 saturated heterocycles. The molecule has 1 aliphatic heterocycles. The molecule has 0 radical (unpaired) electrons. The number of hydrogen-bond acceptors (Lipinski definition) is 5. The van der Waals surface area contributed by atoms with Crippen LogP contribution in [0.1, 0.15) is 5.56 Å². The smallest absolute Gasteiger partial charge is 0.148 e. The van der Waals surface area contributed by atoms with E-state index in [0.29, 0.717) is 13.2 Å². The first-order chi connectivity index (χ1) is 10.3. The summed E-state index contributed by atoms with van der Waals surface area (Å²) in [6.45, 7) is 5.12. The topological polar surface area (TPSA) is 46.2 Å². The van der Waals surface area contributed by atoms with Crippen LogP contribution in [0.3, 0.4) is 0 Å². The van der Waals surface area contributed by atoms with Crippen LogP contribution < -0.4 is 0 Å². The van der Waals surface area contributed by atoms with Crippen LogP contribution in [0, 0.1) is 0 Å². The summed E-state index contributed by atoms with van der Waals surface area (Å²) < 4.78 is 27.3. The van der Waals surface area contributed by atoms with E-state index < -0.39 is 0 Å². The van der Waals surface area contributed by atoms with Crippen molar-refractivity contribution in [1.82, 2.24) is 0 Å². The minimum Gasteiger partial charge on any atom is -0.374 e. The summed E-state index contributed by atoms with van der Waals surface area (Å²) >= 11 is 0. The van der Waals surface area contributed by atoms with Crippen LogP contribution in [-0.4, -0.2) is 45.6 Å². The van der Waals surface area contributed by atoms with Gasteiger partial charge in [-0.3, -0.25) is 0 Å². The summed E-state index contributed by atoms with van der Waals surface area (Å²) in [7, 11) is 1.58. The number of ether oxygens (including phenoxy) is 5. The largest absolute Gasteiger partial charge is 0.374 e. The van der Waals surface area contributed by atoms with Crippen LogP contribution in [0.5, 0.6) is 0 Å². The minimum absolute atomic E-state index is 0.177. The van der Waals surface area contributed by atoms with Gasteiger partial charge in [0.05, 0.1) is 13.2 Å². The molecule has 1 fully saturated rings. The van der Waals surface area contributed by atoms with E-state index in [9.17, 15) is 0 Å². The van der Waals surface area contributed by atoms with Gasteiger partial charge in [-0.05, 0) is 5.56 Å². The molecule has 1 aromatic rings. The number of rotatable bonds is 8. The van der Waals surface area contributed by atoms with E-state index >= 15 is 0 Å². The highest BCUT2D eigenvalue weighted by atomic mass is 16.7. The fraction of sp³-hybridized carbons (Fsp3) is 0.500. The Balaban J connectivity index is 1.84. The summed E-state index contributed by atoms with van der Waals surface area (Å²) in [5.41, 5.74) is 1.12. The highest BCUT2D eigenvalue weighted by Crippen LogP contribution is 2.19. The molecule has 0 aliphatic carbocycles. The number of methoxy groups -OCH3 is 1. The van der Waals surface area contributed by atoms with E-state index in [1.54, 1.807) is 13.2 Å². The van der Waals surface area contributed by atoms with Crippen LogP contribution >= 0.6 is 0 Å². The average molecular weight is 294 g/mol. The van der Waals surface area contributed by atoms with E-state index in [0.717, 1.165) is 5.56 Å². The van der Waals surface area contributed by atoms with Crippen LogP contribution in [0.4, 0.5) is 0 Å². The lowest BCUT2D eigenvalue weighted by Crippen LogP contribution is -2.49. The van der Waals surface area contributed by atoms with Gasteiger partial charge in [0.1, 0.15) is 31.9 Å². The summed E-state index contributed by atoms with van der Waals surface area (Å²) in [6, 6.07) is 10.0. The highest BCUT2D eigenvalue weighted by molar-refractivity contribution is 5.13. The maximum Gasteiger partial charge on any atom is 0.148 e. The van der Waals surface area contributed by atoms with Gasteiger partial charge in [0.2, 0.25) is 0 Å². The maximum atomic E-state index is 5.73. The SMILES string of the molecule is C=C[C@@H]1OCO[C@H](COCc2ccccc2)[C@@H]1OCOC. The molecular weight excluding hydrogens is 272 g/mol. The van der Waals surface area contributed by atoms with Gasteiger partial charge in [-0.25, -0.2) is 0 Å². The molecule has 5 heteroatoms. The monoisotopic (exact) mass is 294 g/mol. The molecule has 116 valence electrons. The van der Waals surface area contributed by atoms with Crippen molar-refractivity contribution in [2.45, 2.75) is 24.9 Å². The normalized spacial score (nSPS) is 25.7. The van der Waals surface area contributed by atoms with Gasteiger partial charge in [0, 0.05) is 7.11 Å². The summed E-state index contributed by atoms with van der Waals surface area (Å²) in [4.78, 5) is 0. The van der Waals surface area contributed by atoms with Gasteiger partial charge < -0.3 is 23.7 Å². The zero-order valence-corrected chi connectivity index (χ0v) is 12.3. The zero-order valence-electron chi connectivity index (χ0n) is 12.3. The summed E-state index contributed by atoms with van der Waals surface area (Å²) in [5.74, 6) is 0. The van der Waals surface area contributed by atoms with Gasteiger partial charge in [0.25, 0.3) is 0 Å². The van der Waals surface area contributed by atoms with E-state index in [1.165, 1.54) is 0 Å². The predicted octanol–water partition coefficient (Wildman–Crippen LogP) is 2.12. The second-order valence-electron chi connectivity index (χ2n) is 4.73. The summed E-state index contributed by atoms with van der Waals surface area (Å²) in [6.07, 6.45) is 0.999. The zero-order chi connectivity index (χ0) is 14.9. The Morgan fingerprint density at radius 2 is 2.10 bits per heavy atom. The Labute approximate surface area is 125 Å². The molecule has 3 atom stereocenters. The van der Waals surface area contributed by atoms with Gasteiger partial charge in [-0.1, -0.05) is 36.4 Å². The second-order valence-corrected chi connectivity index (χ2v) is 4.73. The van der Waals surface area contributed by atoms with Gasteiger partial charge >= 0.3 is 0 Å². The first-order valence-electron chi connectivity index (χ1n) is 6.93. The number of benzene rings is 1. The van der Waals surface area contributed by atoms with Gasteiger partial charge in [-0.15, -0.1) is 6.58 Å². The first kappa shape index (κ1) is 16.1. The Morgan fingerprint density at radius 3 is 2.81 bits per heavy atom. The van der Waals surface area contributed by atoms with Gasteiger partial charge in [0.15, 0.2) is 0 Å². The van der Waals surface area contributed by atoms with Crippen molar-refractivity contribution in [2.24, 2.45) is 0 Å². The van der Waals surface area contributed by atoms with Crippen molar-refractivity contribution in [3.63, 3.8) is 0 Å². The first-order valence-corrected chi connectivity index (χ1v) is 6.93. The molecule has 0 spiro atoms. The molecule has 0 aromatic heterocycles. The Hall–Kier alpha value is -1.24. The Bertz CT molecular complexity index is 408. The Kier molecular flexibility index (Phi) is 6.85. The van der Waals surface area contributed by atoms with E-state index in [-0.39, 0.29) is 31.9 Å². The van der Waals surface area contributed by atoms with Crippen LogP contribution in [-0.2, 0) is 30.3 Å². The van der Waals surface area contributed by atoms with Crippen LogP contribution in [0.15, 0.2) is 43.0 Å². The lowest BCUT2D eigenvalue weighted by atomic mass is 10.1. The van der Waals surface area contributed by atoms with E-state index in [4.69, 9.17) is 23.7 Å². The molecule has 0 bridgehead atoms.